The molecule has 1 aromatic heterocycles. The van der Waals surface area contributed by atoms with Crippen molar-refractivity contribution in [3.63, 3.8) is 0 Å². The van der Waals surface area contributed by atoms with Gasteiger partial charge in [-0.1, -0.05) is 29.3 Å². The molecule has 0 saturated heterocycles. The van der Waals surface area contributed by atoms with E-state index in [0.29, 0.717) is 16.4 Å². The Hall–Kier alpha value is -2.41. The lowest BCUT2D eigenvalue weighted by atomic mass is 10.1. The Balaban J connectivity index is 2.05. The zero-order valence-electron chi connectivity index (χ0n) is 14.8. The van der Waals surface area contributed by atoms with Crippen LogP contribution in [0.2, 0.25) is 10.0 Å². The van der Waals surface area contributed by atoms with Gasteiger partial charge in [0.2, 0.25) is 0 Å². The van der Waals surface area contributed by atoms with E-state index in [1.54, 1.807) is 42.6 Å². The number of hydrogen-bond acceptors (Lipinski definition) is 4. The highest BCUT2D eigenvalue weighted by atomic mass is 35.5. The molecule has 0 spiro atoms. The van der Waals surface area contributed by atoms with E-state index in [-0.39, 0.29) is 27.9 Å². The third-order valence-electron chi connectivity index (χ3n) is 4.01. The first kappa shape index (κ1) is 20.3. The summed E-state index contributed by atoms with van der Waals surface area (Å²) in [6, 6.07) is 16.4. The molecule has 0 radical (unpaired) electrons. The number of benzene rings is 2. The predicted octanol–water partition coefficient (Wildman–Crippen LogP) is 4.64. The number of aromatic nitrogens is 1. The quantitative estimate of drug-likeness (QED) is 0.586. The zero-order chi connectivity index (χ0) is 20.3. The highest BCUT2D eigenvalue weighted by Gasteiger charge is 2.22. The maximum Gasteiger partial charge on any atom is 0.258 e. The summed E-state index contributed by atoms with van der Waals surface area (Å²) >= 11 is 12.0. The second-order valence-corrected chi connectivity index (χ2v) is 8.93. The number of hydrogen-bond donors (Lipinski definition) is 0. The van der Waals surface area contributed by atoms with Gasteiger partial charge in [-0.15, -0.1) is 0 Å². The fraction of sp³-hybridized carbons (Fsp3) is 0.100. The number of anilines is 1. The number of carbonyl (C=O) groups is 1. The molecule has 0 aliphatic heterocycles. The minimum atomic E-state index is -3.58. The predicted molar refractivity (Wildman–Crippen MR) is 111 cm³/mol. The molecule has 0 aliphatic carbocycles. The van der Waals surface area contributed by atoms with E-state index in [2.05, 4.69) is 4.98 Å². The van der Waals surface area contributed by atoms with Gasteiger partial charge in [0.1, 0.15) is 0 Å². The van der Waals surface area contributed by atoms with Crippen molar-refractivity contribution in [2.24, 2.45) is 0 Å². The molecule has 0 bridgehead atoms. The summed E-state index contributed by atoms with van der Waals surface area (Å²) in [5.41, 5.74) is 1.50. The fourth-order valence-electron chi connectivity index (χ4n) is 2.63. The first-order valence-corrected chi connectivity index (χ1v) is 10.9. The summed E-state index contributed by atoms with van der Waals surface area (Å²) in [6.45, 7) is 0.206. The molecule has 0 atom stereocenters. The van der Waals surface area contributed by atoms with E-state index in [1.165, 1.54) is 23.1 Å². The molecule has 3 aromatic rings. The summed E-state index contributed by atoms with van der Waals surface area (Å²) in [5, 5.41) is 0.613. The smallest absolute Gasteiger partial charge is 0.258 e. The maximum absolute atomic E-state index is 13.3. The molecule has 3 rings (SSSR count). The van der Waals surface area contributed by atoms with E-state index in [0.717, 1.165) is 6.26 Å². The third kappa shape index (κ3) is 4.70. The van der Waals surface area contributed by atoms with Gasteiger partial charge in [-0.2, -0.15) is 0 Å². The number of sulfone groups is 1. The number of nitrogens with zero attached hydrogens (tertiary/aromatic N) is 2. The van der Waals surface area contributed by atoms with Crippen LogP contribution in [0.25, 0.3) is 0 Å². The van der Waals surface area contributed by atoms with Crippen LogP contribution in [0, 0.1) is 0 Å². The van der Waals surface area contributed by atoms with Crippen molar-refractivity contribution >= 4 is 44.6 Å². The largest absolute Gasteiger partial charge is 0.302 e. The Morgan fingerprint density at radius 1 is 1.04 bits per heavy atom. The van der Waals surface area contributed by atoms with Crippen LogP contribution in [-0.4, -0.2) is 25.6 Å². The van der Waals surface area contributed by atoms with Crippen molar-refractivity contribution in [3.05, 3.63) is 88.2 Å². The van der Waals surface area contributed by atoms with Crippen molar-refractivity contribution in [2.45, 2.75) is 11.4 Å². The molecule has 2 aromatic carbocycles. The van der Waals surface area contributed by atoms with Gasteiger partial charge in [0.25, 0.3) is 5.91 Å². The topological polar surface area (TPSA) is 67.3 Å². The molecule has 1 heterocycles. The Labute approximate surface area is 173 Å². The number of pyridine rings is 1. The van der Waals surface area contributed by atoms with Crippen LogP contribution in [0.4, 0.5) is 5.69 Å². The average Bonchev–Trinajstić information content (AvgIpc) is 2.67. The van der Waals surface area contributed by atoms with Gasteiger partial charge < -0.3 is 4.90 Å². The van der Waals surface area contributed by atoms with Crippen molar-refractivity contribution < 1.29 is 13.2 Å². The van der Waals surface area contributed by atoms with Crippen LogP contribution in [0.1, 0.15) is 16.1 Å². The Morgan fingerprint density at radius 2 is 1.75 bits per heavy atom. The van der Waals surface area contributed by atoms with Crippen LogP contribution in [0.3, 0.4) is 0 Å². The van der Waals surface area contributed by atoms with Crippen molar-refractivity contribution in [1.29, 1.82) is 0 Å². The Morgan fingerprint density at radius 3 is 2.36 bits per heavy atom. The number of amides is 1. The molecule has 0 unspecified atom stereocenters. The number of halogens is 2. The average molecular weight is 435 g/mol. The van der Waals surface area contributed by atoms with Crippen LogP contribution < -0.4 is 4.90 Å². The molecule has 144 valence electrons. The van der Waals surface area contributed by atoms with Gasteiger partial charge in [-0.3, -0.25) is 9.78 Å². The van der Waals surface area contributed by atoms with Crippen molar-refractivity contribution in [1.82, 2.24) is 4.98 Å². The Bertz CT molecular complexity index is 1100. The zero-order valence-corrected chi connectivity index (χ0v) is 17.2. The van der Waals surface area contributed by atoms with Crippen LogP contribution in [-0.2, 0) is 16.4 Å². The second-order valence-electron chi connectivity index (χ2n) is 6.11. The summed E-state index contributed by atoms with van der Waals surface area (Å²) < 4.78 is 23.9. The van der Waals surface area contributed by atoms with E-state index >= 15 is 0 Å². The standard InChI is InChI=1S/C20H16Cl2N2O3S/c1-28(26,27)19-12-14(5-10-18(19)22)20(25)24(13-16-4-2-3-11-23-16)17-8-6-15(21)7-9-17/h2-12H,13H2,1H3. The Kier molecular flexibility index (Phi) is 6.03. The van der Waals surface area contributed by atoms with Crippen LogP contribution in [0.5, 0.6) is 0 Å². The monoisotopic (exact) mass is 434 g/mol. The molecule has 0 aliphatic rings. The minimum absolute atomic E-state index is 0.0711. The van der Waals surface area contributed by atoms with E-state index in [4.69, 9.17) is 23.2 Å². The minimum Gasteiger partial charge on any atom is -0.302 e. The molecular weight excluding hydrogens is 419 g/mol. The second kappa shape index (κ2) is 8.31. The summed E-state index contributed by atoms with van der Waals surface area (Å²) in [6.07, 6.45) is 2.69. The molecule has 0 N–H and O–H groups in total. The SMILES string of the molecule is CS(=O)(=O)c1cc(C(=O)N(Cc2ccccn2)c2ccc(Cl)cc2)ccc1Cl. The first-order valence-electron chi connectivity index (χ1n) is 8.22. The van der Waals surface area contributed by atoms with E-state index in [9.17, 15) is 13.2 Å². The van der Waals surface area contributed by atoms with Gasteiger partial charge in [0.15, 0.2) is 9.84 Å². The maximum atomic E-state index is 13.3. The lowest BCUT2D eigenvalue weighted by Gasteiger charge is -2.23. The van der Waals surface area contributed by atoms with Gasteiger partial charge in [-0.05, 0) is 54.6 Å². The summed E-state index contributed by atoms with van der Waals surface area (Å²) in [5.74, 6) is -0.380. The lowest BCUT2D eigenvalue weighted by Crippen LogP contribution is -2.31. The number of rotatable bonds is 5. The van der Waals surface area contributed by atoms with Gasteiger partial charge in [-0.25, -0.2) is 8.42 Å². The van der Waals surface area contributed by atoms with Gasteiger partial charge >= 0.3 is 0 Å². The summed E-state index contributed by atoms with van der Waals surface area (Å²) in [7, 11) is -3.58. The third-order valence-corrected chi connectivity index (χ3v) is 5.84. The van der Waals surface area contributed by atoms with Crippen molar-refractivity contribution in [3.8, 4) is 0 Å². The van der Waals surface area contributed by atoms with Gasteiger partial charge in [0, 0.05) is 28.7 Å². The number of carbonyl (C=O) groups excluding carboxylic acids is 1. The fourth-order valence-corrected chi connectivity index (χ4v) is 4.06. The van der Waals surface area contributed by atoms with Crippen LogP contribution in [0.15, 0.2) is 71.8 Å². The lowest BCUT2D eigenvalue weighted by molar-refractivity contribution is 0.0984. The highest BCUT2D eigenvalue weighted by Crippen LogP contribution is 2.26. The molecular formula is C20H16Cl2N2O3S. The molecule has 5 nitrogen and oxygen atoms in total. The summed E-state index contributed by atoms with van der Waals surface area (Å²) in [4.78, 5) is 18.9. The molecule has 0 fully saturated rings. The first-order chi connectivity index (χ1) is 13.3. The van der Waals surface area contributed by atoms with E-state index < -0.39 is 9.84 Å². The molecule has 28 heavy (non-hydrogen) atoms. The molecule has 1 amide bonds. The normalized spacial score (nSPS) is 11.2. The molecule has 8 heteroatoms. The van der Waals surface area contributed by atoms with Gasteiger partial charge in [0.05, 0.1) is 22.2 Å². The van der Waals surface area contributed by atoms with E-state index in [1.807, 2.05) is 6.07 Å². The van der Waals surface area contributed by atoms with Crippen molar-refractivity contribution in [2.75, 3.05) is 11.2 Å². The molecule has 0 saturated carbocycles. The van der Waals surface area contributed by atoms with Crippen LogP contribution >= 0.6 is 23.2 Å². The highest BCUT2D eigenvalue weighted by molar-refractivity contribution is 7.90.